The molecule has 1 saturated heterocycles. The lowest BCUT2D eigenvalue weighted by atomic mass is 9.88. The molecule has 0 atom stereocenters. The van der Waals surface area contributed by atoms with E-state index in [1.807, 2.05) is 7.05 Å². The minimum atomic E-state index is 0. The third-order valence-electron chi connectivity index (χ3n) is 6.17. The van der Waals surface area contributed by atoms with Gasteiger partial charge in [0, 0.05) is 39.3 Å². The number of nitrogens with one attached hydrogen (secondary N) is 2. The summed E-state index contributed by atoms with van der Waals surface area (Å²) in [7, 11) is 1.90. The van der Waals surface area contributed by atoms with Crippen LogP contribution in [0.2, 0.25) is 0 Å². The molecule has 0 spiro atoms. The molecule has 0 radical (unpaired) electrons. The van der Waals surface area contributed by atoms with Crippen molar-refractivity contribution >= 4 is 29.9 Å². The Kier molecular flexibility index (Phi) is 9.89. The summed E-state index contributed by atoms with van der Waals surface area (Å²) in [6.45, 7) is 4.93. The van der Waals surface area contributed by atoms with E-state index in [1.54, 1.807) is 0 Å². The van der Waals surface area contributed by atoms with Gasteiger partial charge in [0.1, 0.15) is 0 Å². The number of hydrogen-bond donors (Lipinski definition) is 2. The fourth-order valence-corrected chi connectivity index (χ4v) is 4.39. The molecule has 0 aromatic carbocycles. The van der Waals surface area contributed by atoms with Crippen LogP contribution in [0.5, 0.6) is 0 Å². The molecule has 5 heteroatoms. The smallest absolute Gasteiger partial charge is 0.191 e. The van der Waals surface area contributed by atoms with Gasteiger partial charge in [-0.25, -0.2) is 0 Å². The molecule has 1 aliphatic heterocycles. The van der Waals surface area contributed by atoms with E-state index in [0.29, 0.717) is 6.04 Å². The number of piperidine rings is 1. The molecule has 2 aliphatic carbocycles. The topological polar surface area (TPSA) is 39.7 Å². The summed E-state index contributed by atoms with van der Waals surface area (Å²) in [5, 5.41) is 7.15. The molecular formula is C20H39IN4. The highest BCUT2D eigenvalue weighted by molar-refractivity contribution is 14.0. The van der Waals surface area contributed by atoms with E-state index in [9.17, 15) is 0 Å². The van der Waals surface area contributed by atoms with Gasteiger partial charge >= 0.3 is 0 Å². The zero-order valence-corrected chi connectivity index (χ0v) is 18.5. The van der Waals surface area contributed by atoms with Crippen molar-refractivity contribution in [3.63, 3.8) is 0 Å². The van der Waals surface area contributed by atoms with E-state index in [0.717, 1.165) is 24.3 Å². The summed E-state index contributed by atoms with van der Waals surface area (Å²) in [4.78, 5) is 7.12. The summed E-state index contributed by atoms with van der Waals surface area (Å²) in [5.74, 6) is 3.02. The molecule has 25 heavy (non-hydrogen) atoms. The lowest BCUT2D eigenvalue weighted by Crippen LogP contribution is -2.49. The van der Waals surface area contributed by atoms with E-state index >= 15 is 0 Å². The first kappa shape index (κ1) is 21.3. The highest BCUT2D eigenvalue weighted by atomic mass is 127. The Labute approximate surface area is 172 Å². The summed E-state index contributed by atoms with van der Waals surface area (Å²) in [5.41, 5.74) is 0. The Balaban J connectivity index is 0.00000225. The van der Waals surface area contributed by atoms with E-state index < -0.39 is 0 Å². The number of nitrogens with zero attached hydrogens (tertiary/aromatic N) is 2. The number of halogens is 1. The Hall–Kier alpha value is -0.0400. The van der Waals surface area contributed by atoms with Crippen molar-refractivity contribution in [2.75, 3.05) is 33.2 Å². The molecule has 0 bridgehead atoms. The van der Waals surface area contributed by atoms with Gasteiger partial charge in [0.2, 0.25) is 0 Å². The molecule has 146 valence electrons. The van der Waals surface area contributed by atoms with Crippen molar-refractivity contribution in [1.82, 2.24) is 15.5 Å². The van der Waals surface area contributed by atoms with E-state index in [2.05, 4.69) is 20.5 Å². The zero-order valence-electron chi connectivity index (χ0n) is 16.1. The summed E-state index contributed by atoms with van der Waals surface area (Å²) >= 11 is 0. The fourth-order valence-electron chi connectivity index (χ4n) is 4.39. The molecule has 2 saturated carbocycles. The van der Waals surface area contributed by atoms with Crippen molar-refractivity contribution < 1.29 is 0 Å². The highest BCUT2D eigenvalue weighted by Crippen LogP contribution is 2.33. The Morgan fingerprint density at radius 1 is 0.960 bits per heavy atom. The van der Waals surface area contributed by atoms with E-state index in [1.165, 1.54) is 90.3 Å². The average molecular weight is 462 g/mol. The maximum atomic E-state index is 4.41. The first-order valence-electron chi connectivity index (χ1n) is 10.5. The van der Waals surface area contributed by atoms with Crippen molar-refractivity contribution in [3.8, 4) is 0 Å². The predicted molar refractivity (Wildman–Crippen MR) is 118 cm³/mol. The summed E-state index contributed by atoms with van der Waals surface area (Å²) in [6, 6.07) is 0.599. The van der Waals surface area contributed by atoms with Gasteiger partial charge in [0.25, 0.3) is 0 Å². The van der Waals surface area contributed by atoms with Gasteiger partial charge in [0.05, 0.1) is 0 Å². The van der Waals surface area contributed by atoms with Gasteiger partial charge in [-0.05, 0) is 50.4 Å². The number of rotatable bonds is 7. The second-order valence-corrected chi connectivity index (χ2v) is 8.31. The van der Waals surface area contributed by atoms with Crippen LogP contribution in [-0.2, 0) is 0 Å². The molecule has 2 N–H and O–H groups in total. The zero-order chi connectivity index (χ0) is 16.6. The van der Waals surface area contributed by atoms with Crippen molar-refractivity contribution in [3.05, 3.63) is 0 Å². The van der Waals surface area contributed by atoms with Crippen LogP contribution in [-0.4, -0.2) is 50.1 Å². The molecule has 3 fully saturated rings. The molecule has 0 aromatic rings. The SMILES string of the molecule is CN=C(NCCCC1CC1)NC1CCN(CC2CCCCC2)CC1.I. The second kappa shape index (κ2) is 11.6. The monoisotopic (exact) mass is 462 g/mol. The van der Waals surface area contributed by atoms with Crippen LogP contribution in [0.3, 0.4) is 0 Å². The molecular weight excluding hydrogens is 423 g/mol. The Morgan fingerprint density at radius 3 is 2.32 bits per heavy atom. The number of aliphatic imine (C=N–C) groups is 1. The van der Waals surface area contributed by atoms with Gasteiger partial charge in [0.15, 0.2) is 5.96 Å². The third-order valence-corrected chi connectivity index (χ3v) is 6.17. The lowest BCUT2D eigenvalue weighted by Gasteiger charge is -2.36. The van der Waals surface area contributed by atoms with Gasteiger partial charge in [-0.3, -0.25) is 4.99 Å². The summed E-state index contributed by atoms with van der Waals surface area (Å²) < 4.78 is 0. The van der Waals surface area contributed by atoms with Crippen molar-refractivity contribution in [1.29, 1.82) is 0 Å². The molecule has 3 rings (SSSR count). The predicted octanol–water partition coefficient (Wildman–Crippen LogP) is 4.00. The quantitative estimate of drug-likeness (QED) is 0.260. The van der Waals surface area contributed by atoms with Crippen LogP contribution in [0, 0.1) is 11.8 Å². The van der Waals surface area contributed by atoms with Gasteiger partial charge in [-0.15, -0.1) is 24.0 Å². The van der Waals surface area contributed by atoms with Crippen molar-refractivity contribution in [2.45, 2.75) is 76.7 Å². The number of hydrogen-bond acceptors (Lipinski definition) is 2. The van der Waals surface area contributed by atoms with E-state index in [-0.39, 0.29) is 24.0 Å². The van der Waals surface area contributed by atoms with Crippen LogP contribution >= 0.6 is 24.0 Å². The maximum Gasteiger partial charge on any atom is 0.191 e. The highest BCUT2D eigenvalue weighted by Gasteiger charge is 2.23. The average Bonchev–Trinajstić information content (AvgIpc) is 3.44. The Morgan fingerprint density at radius 2 is 1.68 bits per heavy atom. The molecule has 3 aliphatic rings. The normalized spacial score (nSPS) is 24.0. The molecule has 0 aromatic heterocycles. The standard InChI is InChI=1S/C20H38N4.HI/c1-21-20(22-13-5-8-17-9-10-17)23-19-11-14-24(15-12-19)16-18-6-3-2-4-7-18;/h17-19H,2-16H2,1H3,(H2,21,22,23);1H. The minimum Gasteiger partial charge on any atom is -0.356 e. The first-order valence-corrected chi connectivity index (χ1v) is 10.5. The summed E-state index contributed by atoms with van der Waals surface area (Å²) in [6.07, 6.45) is 15.5. The number of likely N-dealkylation sites (tertiary alicyclic amines) is 1. The lowest BCUT2D eigenvalue weighted by molar-refractivity contribution is 0.160. The Bertz CT molecular complexity index is 383. The molecule has 1 heterocycles. The van der Waals surface area contributed by atoms with Crippen LogP contribution < -0.4 is 10.6 Å². The van der Waals surface area contributed by atoms with E-state index in [4.69, 9.17) is 0 Å². The van der Waals surface area contributed by atoms with Crippen LogP contribution in [0.4, 0.5) is 0 Å². The molecule has 0 unspecified atom stereocenters. The van der Waals surface area contributed by atoms with Gasteiger partial charge in [-0.2, -0.15) is 0 Å². The van der Waals surface area contributed by atoms with Gasteiger partial charge < -0.3 is 15.5 Å². The fraction of sp³-hybridized carbons (Fsp3) is 0.950. The minimum absolute atomic E-state index is 0. The van der Waals surface area contributed by atoms with Crippen LogP contribution in [0.15, 0.2) is 4.99 Å². The van der Waals surface area contributed by atoms with Gasteiger partial charge in [-0.1, -0.05) is 32.1 Å². The van der Waals surface area contributed by atoms with Crippen LogP contribution in [0.1, 0.15) is 70.6 Å². The third kappa shape index (κ3) is 8.02. The van der Waals surface area contributed by atoms with Crippen LogP contribution in [0.25, 0.3) is 0 Å². The maximum absolute atomic E-state index is 4.41. The molecule has 4 nitrogen and oxygen atoms in total. The first-order chi connectivity index (χ1) is 11.8. The largest absolute Gasteiger partial charge is 0.356 e. The second-order valence-electron chi connectivity index (χ2n) is 8.31. The van der Waals surface area contributed by atoms with Crippen molar-refractivity contribution in [2.24, 2.45) is 16.8 Å². The number of guanidine groups is 1. The molecule has 0 amide bonds.